The summed E-state index contributed by atoms with van der Waals surface area (Å²) in [5.41, 5.74) is 1.89. The van der Waals surface area contributed by atoms with E-state index in [9.17, 15) is 9.90 Å². The molecule has 0 aliphatic rings. The van der Waals surface area contributed by atoms with Crippen LogP contribution in [0.25, 0.3) is 5.57 Å². The van der Waals surface area contributed by atoms with E-state index in [-0.39, 0.29) is 11.9 Å². The van der Waals surface area contributed by atoms with Crippen molar-refractivity contribution < 1.29 is 19.4 Å². The van der Waals surface area contributed by atoms with Gasteiger partial charge in [-0.15, -0.1) is 0 Å². The van der Waals surface area contributed by atoms with Crippen LogP contribution >= 0.6 is 0 Å². The molecule has 0 aromatic heterocycles. The number of aliphatic hydroxyl groups excluding tert-OH is 1. The van der Waals surface area contributed by atoms with Crippen LogP contribution < -0.4 is 5.32 Å². The summed E-state index contributed by atoms with van der Waals surface area (Å²) in [4.78, 5) is 11.8. The molecule has 0 heterocycles. The molecule has 1 amide bonds. The van der Waals surface area contributed by atoms with E-state index in [0.29, 0.717) is 17.9 Å². The molecular formula is C22H31NO4. The van der Waals surface area contributed by atoms with Crippen LogP contribution in [-0.2, 0) is 16.0 Å². The van der Waals surface area contributed by atoms with Gasteiger partial charge in [0.05, 0.1) is 11.5 Å². The number of amides is 1. The fourth-order valence-corrected chi connectivity index (χ4v) is 2.35. The van der Waals surface area contributed by atoms with Gasteiger partial charge in [-0.3, -0.25) is 0 Å². The second-order valence-electron chi connectivity index (χ2n) is 7.44. The van der Waals surface area contributed by atoms with Crippen LogP contribution in [0.15, 0.2) is 54.5 Å². The fourth-order valence-electron chi connectivity index (χ4n) is 2.35. The lowest BCUT2D eigenvalue weighted by atomic mass is 10.0. The number of benzene rings is 1. The van der Waals surface area contributed by atoms with Gasteiger partial charge in [0.15, 0.2) is 0 Å². The van der Waals surface area contributed by atoms with Crippen molar-refractivity contribution in [1.82, 2.24) is 5.32 Å². The van der Waals surface area contributed by atoms with Crippen LogP contribution in [0.1, 0.15) is 52.7 Å². The maximum absolute atomic E-state index is 11.8. The van der Waals surface area contributed by atoms with E-state index in [1.165, 1.54) is 0 Å². The van der Waals surface area contributed by atoms with Crippen molar-refractivity contribution in [3.05, 3.63) is 65.6 Å². The van der Waals surface area contributed by atoms with Crippen LogP contribution in [0, 0.1) is 0 Å². The first-order valence-corrected chi connectivity index (χ1v) is 8.94. The Bertz CT molecular complexity index is 722. The van der Waals surface area contributed by atoms with E-state index in [1.54, 1.807) is 13.8 Å². The van der Waals surface area contributed by atoms with E-state index in [1.807, 2.05) is 64.1 Å². The molecule has 1 unspecified atom stereocenters. The van der Waals surface area contributed by atoms with Crippen LogP contribution in [0.3, 0.4) is 0 Å². The van der Waals surface area contributed by atoms with Crippen molar-refractivity contribution in [2.75, 3.05) is 0 Å². The number of carbonyl (C=O) groups is 1. The maximum Gasteiger partial charge on any atom is 0.407 e. The molecule has 2 N–H and O–H groups in total. The zero-order valence-electron chi connectivity index (χ0n) is 17.1. The van der Waals surface area contributed by atoms with Crippen molar-refractivity contribution >= 4 is 11.7 Å². The van der Waals surface area contributed by atoms with E-state index in [2.05, 4.69) is 11.9 Å². The van der Waals surface area contributed by atoms with Crippen molar-refractivity contribution in [2.45, 2.75) is 59.8 Å². The van der Waals surface area contributed by atoms with Crippen LogP contribution in [0.5, 0.6) is 0 Å². The first kappa shape index (κ1) is 22.4. The number of rotatable bonds is 7. The Morgan fingerprint density at radius 2 is 2.00 bits per heavy atom. The molecule has 0 spiro atoms. The number of hydrogen-bond acceptors (Lipinski definition) is 4. The van der Waals surface area contributed by atoms with Gasteiger partial charge >= 0.3 is 6.09 Å². The number of nitrogens with one attached hydrogen (secondary N) is 1. The Labute approximate surface area is 162 Å². The normalized spacial score (nSPS) is 13.7. The average molecular weight is 373 g/mol. The molecule has 1 rings (SSSR count). The fraction of sp³-hybridized carbons (Fsp3) is 0.409. The molecule has 1 aromatic rings. The third-order valence-electron chi connectivity index (χ3n) is 3.38. The third-order valence-corrected chi connectivity index (χ3v) is 3.38. The monoisotopic (exact) mass is 373 g/mol. The van der Waals surface area contributed by atoms with Gasteiger partial charge in [-0.25, -0.2) is 4.79 Å². The molecule has 0 bridgehead atoms. The molecule has 27 heavy (non-hydrogen) atoms. The van der Waals surface area contributed by atoms with Crippen molar-refractivity contribution in [3.63, 3.8) is 0 Å². The van der Waals surface area contributed by atoms with Gasteiger partial charge in [0.25, 0.3) is 0 Å². The Balaban J connectivity index is 2.88. The minimum Gasteiger partial charge on any atom is -0.512 e. The Morgan fingerprint density at radius 1 is 1.33 bits per heavy atom. The molecule has 0 radical (unpaired) electrons. The van der Waals surface area contributed by atoms with E-state index >= 15 is 0 Å². The summed E-state index contributed by atoms with van der Waals surface area (Å²) in [6.45, 7) is 14.8. The number of aliphatic hydroxyl groups is 1. The molecule has 1 atom stereocenters. The van der Waals surface area contributed by atoms with Gasteiger partial charge in [0.1, 0.15) is 11.7 Å². The number of carbonyl (C=O) groups excluding carboxylic acids is 1. The average Bonchev–Trinajstić information content (AvgIpc) is 2.51. The molecule has 0 aliphatic carbocycles. The number of allylic oxidation sites excluding steroid dienone is 4. The predicted octanol–water partition coefficient (Wildman–Crippen LogP) is 5.50. The summed E-state index contributed by atoms with van der Waals surface area (Å²) >= 11 is 0. The van der Waals surface area contributed by atoms with Crippen molar-refractivity contribution in [2.24, 2.45) is 0 Å². The predicted molar refractivity (Wildman–Crippen MR) is 109 cm³/mol. The summed E-state index contributed by atoms with van der Waals surface area (Å²) in [5.74, 6) is 0.833. The lowest BCUT2D eigenvalue weighted by Crippen LogP contribution is -2.32. The minimum atomic E-state index is -0.539. The van der Waals surface area contributed by atoms with Crippen molar-refractivity contribution in [3.8, 4) is 0 Å². The molecule has 0 fully saturated rings. The van der Waals surface area contributed by atoms with Gasteiger partial charge in [0.2, 0.25) is 0 Å². The smallest absolute Gasteiger partial charge is 0.407 e. The molecular weight excluding hydrogens is 342 g/mol. The minimum absolute atomic E-state index is 0.158. The van der Waals surface area contributed by atoms with E-state index < -0.39 is 11.7 Å². The highest BCUT2D eigenvalue weighted by Crippen LogP contribution is 2.21. The summed E-state index contributed by atoms with van der Waals surface area (Å²) in [6, 6.07) is 7.61. The Morgan fingerprint density at radius 3 is 2.56 bits per heavy atom. The first-order chi connectivity index (χ1) is 12.5. The number of alkyl carbamates (subject to hydrolysis) is 1. The van der Waals surface area contributed by atoms with Crippen LogP contribution in [0.2, 0.25) is 0 Å². The molecule has 0 saturated heterocycles. The highest BCUT2D eigenvalue weighted by molar-refractivity contribution is 5.75. The maximum atomic E-state index is 11.8. The summed E-state index contributed by atoms with van der Waals surface area (Å²) in [7, 11) is 0. The van der Waals surface area contributed by atoms with Crippen molar-refractivity contribution in [1.29, 1.82) is 0 Å². The third kappa shape index (κ3) is 8.99. The highest BCUT2D eigenvalue weighted by Gasteiger charge is 2.15. The van der Waals surface area contributed by atoms with Crippen LogP contribution in [-0.4, -0.2) is 22.9 Å². The van der Waals surface area contributed by atoms with Gasteiger partial charge in [-0.1, -0.05) is 30.9 Å². The molecule has 148 valence electrons. The molecule has 5 heteroatoms. The summed E-state index contributed by atoms with van der Waals surface area (Å²) < 4.78 is 10.7. The summed E-state index contributed by atoms with van der Waals surface area (Å²) in [5, 5.41) is 12.8. The van der Waals surface area contributed by atoms with E-state index in [0.717, 1.165) is 11.1 Å². The second-order valence-corrected chi connectivity index (χ2v) is 7.44. The zero-order valence-corrected chi connectivity index (χ0v) is 17.1. The molecule has 1 aromatic carbocycles. The molecule has 0 saturated carbocycles. The quantitative estimate of drug-likeness (QED) is 0.489. The van der Waals surface area contributed by atoms with Gasteiger partial charge < -0.3 is 19.9 Å². The molecule has 5 nitrogen and oxygen atoms in total. The number of ether oxygens (including phenoxy) is 2. The lowest BCUT2D eigenvalue weighted by molar-refractivity contribution is 0.0523. The molecule has 0 aliphatic heterocycles. The largest absolute Gasteiger partial charge is 0.512 e. The first-order valence-electron chi connectivity index (χ1n) is 8.94. The van der Waals surface area contributed by atoms with E-state index in [4.69, 9.17) is 9.47 Å². The van der Waals surface area contributed by atoms with Crippen LogP contribution in [0.4, 0.5) is 4.79 Å². The van der Waals surface area contributed by atoms with Gasteiger partial charge in [-0.2, -0.15) is 0 Å². The Hall–Kier alpha value is -2.69. The zero-order chi connectivity index (χ0) is 20.6. The topological polar surface area (TPSA) is 67.8 Å². The SMILES string of the molecule is C=C(C)OC(C)/C=C\C(=C(/C)O)c1cccc(CNC(=O)OC(C)(C)C)c1. The number of hydrogen-bond donors (Lipinski definition) is 2. The van der Waals surface area contributed by atoms with Gasteiger partial charge in [0, 0.05) is 12.1 Å². The summed E-state index contributed by atoms with van der Waals surface area (Å²) in [6.07, 6.45) is 3.06. The lowest BCUT2D eigenvalue weighted by Gasteiger charge is -2.19. The standard InChI is InChI=1S/C22H31NO4/c1-15(2)26-16(3)11-12-20(17(4)24)19-10-8-9-18(13-19)14-23-21(25)27-22(5,6)7/h8-13,16,24H,1,14H2,2-7H3,(H,23,25)/b12-11-,20-17-. The Kier molecular flexibility index (Phi) is 8.16. The highest BCUT2D eigenvalue weighted by atomic mass is 16.6. The van der Waals surface area contributed by atoms with Gasteiger partial charge in [-0.05, 0) is 64.8 Å². The second kappa shape index (κ2) is 9.86.